The van der Waals surface area contributed by atoms with Gasteiger partial charge in [-0.1, -0.05) is 30.7 Å². The minimum absolute atomic E-state index is 0.0902. The molecule has 0 bridgehead atoms. The Balaban J connectivity index is 1.71. The predicted molar refractivity (Wildman–Crippen MR) is 141 cm³/mol. The number of aliphatic hydroxyl groups is 1. The Morgan fingerprint density at radius 3 is 2.51 bits per heavy atom. The number of piperidine rings is 1. The molecule has 9 nitrogen and oxygen atoms in total. The summed E-state index contributed by atoms with van der Waals surface area (Å²) in [5.41, 5.74) is 1.94. The summed E-state index contributed by atoms with van der Waals surface area (Å²) in [6.45, 7) is 0.395. The number of carbonyl (C=O) groups excluding carboxylic acids is 2. The average molecular weight is 568 g/mol. The van der Waals surface area contributed by atoms with Crippen molar-refractivity contribution in [2.24, 2.45) is 7.05 Å². The van der Waals surface area contributed by atoms with Crippen molar-refractivity contribution >= 4 is 45.8 Å². The van der Waals surface area contributed by atoms with Crippen LogP contribution in [-0.2, 0) is 18.3 Å². The number of amides is 2. The Bertz CT molecular complexity index is 1370. The maximum Gasteiger partial charge on any atom is 0.422 e. The second-order valence-electron chi connectivity index (χ2n) is 9.24. The van der Waals surface area contributed by atoms with Crippen molar-refractivity contribution in [1.29, 1.82) is 0 Å². The largest absolute Gasteiger partial charge is 0.481 e. The van der Waals surface area contributed by atoms with Gasteiger partial charge in [-0.25, -0.2) is 4.98 Å². The summed E-state index contributed by atoms with van der Waals surface area (Å²) < 4.78 is 46.2. The van der Waals surface area contributed by atoms with E-state index in [9.17, 15) is 22.8 Å². The molecule has 2 aromatic heterocycles. The van der Waals surface area contributed by atoms with Gasteiger partial charge < -0.3 is 29.9 Å². The Kier molecular flexibility index (Phi) is 8.55. The number of aromatic nitrogens is 2. The third kappa shape index (κ3) is 6.39. The maximum atomic E-state index is 13.4. The molecule has 1 aliphatic rings. The van der Waals surface area contributed by atoms with Gasteiger partial charge in [0.25, 0.3) is 5.91 Å². The number of likely N-dealkylation sites (tertiary alicyclic amines) is 1. The lowest BCUT2D eigenvalue weighted by molar-refractivity contribution is -0.153. The van der Waals surface area contributed by atoms with Crippen LogP contribution in [0.25, 0.3) is 11.0 Å². The summed E-state index contributed by atoms with van der Waals surface area (Å²) in [7, 11) is 1.55. The smallest absolute Gasteiger partial charge is 0.422 e. The van der Waals surface area contributed by atoms with E-state index in [1.165, 1.54) is 9.47 Å². The van der Waals surface area contributed by atoms with Crippen LogP contribution in [0.3, 0.4) is 0 Å². The summed E-state index contributed by atoms with van der Waals surface area (Å²) in [6, 6.07) is 8.33. The van der Waals surface area contributed by atoms with Crippen LogP contribution in [0.1, 0.15) is 35.9 Å². The number of nitrogens with zero attached hydrogens (tertiary/aromatic N) is 3. The molecule has 0 saturated carbocycles. The van der Waals surface area contributed by atoms with Gasteiger partial charge in [-0.05, 0) is 37.5 Å². The number of fused-ring (bicyclic) bond motifs is 1. The van der Waals surface area contributed by atoms with Crippen molar-refractivity contribution < 1.29 is 32.6 Å². The number of pyridine rings is 1. The van der Waals surface area contributed by atoms with Crippen LogP contribution in [0.4, 0.5) is 24.5 Å². The van der Waals surface area contributed by atoms with E-state index in [0.717, 1.165) is 0 Å². The number of nitrogens with one attached hydrogen (secondary N) is 2. The molecule has 13 heteroatoms. The number of rotatable bonds is 8. The number of aryl methyl sites for hydroxylation is 2. The van der Waals surface area contributed by atoms with Crippen molar-refractivity contribution in [3.8, 4) is 5.75 Å². The Morgan fingerprint density at radius 2 is 1.90 bits per heavy atom. The molecule has 1 fully saturated rings. The van der Waals surface area contributed by atoms with Crippen molar-refractivity contribution in [3.05, 3.63) is 46.7 Å². The molecular formula is C26H29ClF3N5O4. The van der Waals surface area contributed by atoms with Gasteiger partial charge in [0.05, 0.1) is 27.5 Å². The Labute approximate surface area is 227 Å². The molecule has 0 unspecified atom stereocenters. The van der Waals surface area contributed by atoms with Crippen LogP contribution < -0.4 is 15.4 Å². The van der Waals surface area contributed by atoms with Gasteiger partial charge >= 0.3 is 6.18 Å². The first-order chi connectivity index (χ1) is 18.5. The first kappa shape index (κ1) is 28.5. The van der Waals surface area contributed by atoms with Crippen molar-refractivity contribution in [1.82, 2.24) is 19.8 Å². The molecule has 0 radical (unpaired) electrons. The minimum atomic E-state index is -4.63. The number of benzene rings is 1. The number of halogens is 4. The molecule has 0 spiro atoms. The SMILES string of the molecule is CCc1nc2c(cc1Nc1ccccc1Cl)c(OCC(F)(F)F)c(C(=O)NC1CCN(C(=O)CO)CC1)n2C. The van der Waals surface area contributed by atoms with Gasteiger partial charge in [-0.15, -0.1) is 0 Å². The normalized spacial score (nSPS) is 14.5. The molecule has 3 aromatic rings. The number of hydrogen-bond acceptors (Lipinski definition) is 6. The van der Waals surface area contributed by atoms with Crippen LogP contribution in [-0.4, -0.2) is 69.9 Å². The molecule has 4 rings (SSSR count). The van der Waals surface area contributed by atoms with E-state index < -0.39 is 31.2 Å². The zero-order valence-corrected chi connectivity index (χ0v) is 22.2. The molecule has 210 valence electrons. The highest BCUT2D eigenvalue weighted by Gasteiger charge is 2.33. The highest BCUT2D eigenvalue weighted by molar-refractivity contribution is 6.33. The highest BCUT2D eigenvalue weighted by atomic mass is 35.5. The van der Waals surface area contributed by atoms with Crippen molar-refractivity contribution in [2.45, 2.75) is 38.4 Å². The summed E-state index contributed by atoms with van der Waals surface area (Å²) in [4.78, 5) is 31.3. The van der Waals surface area contributed by atoms with Gasteiger partial charge in [0.1, 0.15) is 12.3 Å². The summed E-state index contributed by atoms with van der Waals surface area (Å²) in [5.74, 6) is -1.24. The van der Waals surface area contributed by atoms with Gasteiger partial charge in [-0.2, -0.15) is 13.2 Å². The van der Waals surface area contributed by atoms with Gasteiger partial charge in [0.2, 0.25) is 5.91 Å². The van der Waals surface area contributed by atoms with Crippen LogP contribution in [0.2, 0.25) is 5.02 Å². The van der Waals surface area contributed by atoms with Crippen LogP contribution in [0.15, 0.2) is 30.3 Å². The third-order valence-electron chi connectivity index (χ3n) is 6.59. The standard InChI is InChI=1S/C26H29ClF3N5O4/c1-3-18-20(32-19-7-5-4-6-17(19)27)12-16-23(39-14-26(28,29)30)22(34(2)24(16)33-18)25(38)31-15-8-10-35(11-9-15)21(37)13-36/h4-7,12,15,32,36H,3,8-11,13-14H2,1-2H3,(H,31,38). The van der Waals surface area contributed by atoms with E-state index >= 15 is 0 Å². The lowest BCUT2D eigenvalue weighted by Crippen LogP contribution is -2.47. The van der Waals surface area contributed by atoms with E-state index in [4.69, 9.17) is 21.4 Å². The number of anilines is 2. The first-order valence-corrected chi connectivity index (χ1v) is 12.8. The molecule has 0 aliphatic carbocycles. The van der Waals surface area contributed by atoms with E-state index in [2.05, 4.69) is 15.6 Å². The third-order valence-corrected chi connectivity index (χ3v) is 6.92. The average Bonchev–Trinajstić information content (AvgIpc) is 3.18. The van der Waals surface area contributed by atoms with E-state index in [-0.39, 0.29) is 22.9 Å². The number of alkyl halides is 3. The van der Waals surface area contributed by atoms with Crippen LogP contribution in [0, 0.1) is 0 Å². The molecule has 39 heavy (non-hydrogen) atoms. The van der Waals surface area contributed by atoms with Crippen LogP contribution >= 0.6 is 11.6 Å². The molecular weight excluding hydrogens is 539 g/mol. The van der Waals surface area contributed by atoms with E-state index in [1.807, 2.05) is 6.92 Å². The monoisotopic (exact) mass is 567 g/mol. The molecule has 1 aliphatic heterocycles. The quantitative estimate of drug-likeness (QED) is 0.377. The fraction of sp³-hybridized carbons (Fsp3) is 0.423. The Hall–Kier alpha value is -3.51. The van der Waals surface area contributed by atoms with E-state index in [0.29, 0.717) is 60.1 Å². The molecule has 3 N–H and O–H groups in total. The second-order valence-corrected chi connectivity index (χ2v) is 9.65. The molecule has 3 heterocycles. The van der Waals surface area contributed by atoms with Crippen molar-refractivity contribution in [3.63, 3.8) is 0 Å². The molecule has 1 aromatic carbocycles. The number of para-hydroxylation sites is 1. The minimum Gasteiger partial charge on any atom is -0.481 e. The fourth-order valence-electron chi connectivity index (χ4n) is 4.62. The van der Waals surface area contributed by atoms with E-state index in [1.54, 1.807) is 37.4 Å². The fourth-order valence-corrected chi connectivity index (χ4v) is 4.80. The predicted octanol–water partition coefficient (Wildman–Crippen LogP) is 4.19. The van der Waals surface area contributed by atoms with Crippen LogP contribution in [0.5, 0.6) is 5.75 Å². The zero-order valence-electron chi connectivity index (χ0n) is 21.4. The number of ether oxygens (including phenoxy) is 1. The summed E-state index contributed by atoms with van der Waals surface area (Å²) in [5, 5.41) is 15.8. The first-order valence-electron chi connectivity index (χ1n) is 12.4. The molecule has 2 amide bonds. The molecule has 0 atom stereocenters. The van der Waals surface area contributed by atoms with Crippen molar-refractivity contribution in [2.75, 3.05) is 31.6 Å². The Morgan fingerprint density at radius 1 is 1.21 bits per heavy atom. The summed E-state index contributed by atoms with van der Waals surface area (Å²) in [6.07, 6.45) is -3.26. The lowest BCUT2D eigenvalue weighted by atomic mass is 10.0. The van der Waals surface area contributed by atoms with Gasteiger partial charge in [-0.3, -0.25) is 9.59 Å². The van der Waals surface area contributed by atoms with Gasteiger partial charge in [0, 0.05) is 26.2 Å². The van der Waals surface area contributed by atoms with Gasteiger partial charge in [0.15, 0.2) is 18.1 Å². The molecule has 1 saturated heterocycles. The lowest BCUT2D eigenvalue weighted by Gasteiger charge is -2.32. The number of hydrogen-bond donors (Lipinski definition) is 3. The maximum absolute atomic E-state index is 13.4. The number of carbonyl (C=O) groups is 2. The highest BCUT2D eigenvalue weighted by Crippen LogP contribution is 2.37. The number of aliphatic hydroxyl groups excluding tert-OH is 1. The summed E-state index contributed by atoms with van der Waals surface area (Å²) >= 11 is 6.29. The zero-order chi connectivity index (χ0) is 28.3. The topological polar surface area (TPSA) is 109 Å². The second kappa shape index (κ2) is 11.7.